The van der Waals surface area contributed by atoms with Crippen molar-refractivity contribution in [1.82, 2.24) is 18.3 Å². The van der Waals surface area contributed by atoms with Crippen molar-refractivity contribution in [3.63, 3.8) is 0 Å². The van der Waals surface area contributed by atoms with Gasteiger partial charge in [0.25, 0.3) is 0 Å². The van der Waals surface area contributed by atoms with Crippen molar-refractivity contribution < 1.29 is 5.48 Å². The Bertz CT molecular complexity index is 4220. The summed E-state index contributed by atoms with van der Waals surface area (Å²) in [5, 5.41) is 18.9. The van der Waals surface area contributed by atoms with Crippen LogP contribution in [0.25, 0.3) is 115 Å². The Morgan fingerprint density at radius 1 is 0.355 bits per heavy atom. The molecule has 62 heavy (non-hydrogen) atoms. The van der Waals surface area contributed by atoms with E-state index in [0.29, 0.717) is 44.6 Å². The highest BCUT2D eigenvalue weighted by molar-refractivity contribution is 6.16. The van der Waals surface area contributed by atoms with Gasteiger partial charge in [-0.15, -0.1) is 0 Å². The van der Waals surface area contributed by atoms with Crippen LogP contribution < -0.4 is 0 Å². The lowest BCUT2D eigenvalue weighted by atomic mass is 10.0. The second-order valence-electron chi connectivity index (χ2n) is 15.5. The minimum atomic E-state index is 0.113. The third-order valence-corrected chi connectivity index (χ3v) is 12.5. The second kappa shape index (κ2) is 12.8. The van der Waals surface area contributed by atoms with Crippen molar-refractivity contribution in [2.45, 2.75) is 0 Å². The highest BCUT2D eigenvalue weighted by Crippen LogP contribution is 2.51. The number of fused-ring (bicyclic) bond motifs is 12. The molecule has 4 heterocycles. The van der Waals surface area contributed by atoms with E-state index in [1.807, 2.05) is 164 Å². The van der Waals surface area contributed by atoms with Gasteiger partial charge in [-0.2, -0.15) is 5.26 Å². The Hall–Kier alpha value is -8.84. The molecule has 286 valence electrons. The molecular formula is C56H32N6. The van der Waals surface area contributed by atoms with Gasteiger partial charge in [0.1, 0.15) is 6.07 Å². The summed E-state index contributed by atoms with van der Waals surface area (Å²) in [5.74, 6) is 0. The van der Waals surface area contributed by atoms with Crippen molar-refractivity contribution in [3.05, 3.63) is 211 Å². The van der Waals surface area contributed by atoms with Gasteiger partial charge in [0.05, 0.1) is 84.5 Å². The number of hydrogen-bond acceptors (Lipinski definition) is 1. The molecule has 13 aromatic rings. The summed E-state index contributed by atoms with van der Waals surface area (Å²) in [6, 6.07) is 57.7. The molecule has 0 unspecified atom stereocenters. The molecule has 6 nitrogen and oxygen atoms in total. The van der Waals surface area contributed by atoms with Crippen LogP contribution in [-0.2, 0) is 0 Å². The molecule has 0 atom stereocenters. The molecule has 0 spiro atoms. The fourth-order valence-electron chi connectivity index (χ4n) is 10.1. The number of nitriles is 1. The zero-order valence-corrected chi connectivity index (χ0v) is 32.8. The second-order valence-corrected chi connectivity index (χ2v) is 15.5. The Balaban J connectivity index is 1.43. The van der Waals surface area contributed by atoms with Crippen LogP contribution in [0.4, 0.5) is 5.69 Å². The average Bonchev–Trinajstić information content (AvgIpc) is 4.08. The van der Waals surface area contributed by atoms with Crippen LogP contribution in [0.5, 0.6) is 0 Å². The molecule has 6 heteroatoms. The molecule has 0 saturated carbocycles. The Morgan fingerprint density at radius 2 is 0.629 bits per heavy atom. The number of hydrogen-bond donors (Lipinski definition) is 0. The summed E-state index contributed by atoms with van der Waals surface area (Å²) >= 11 is 0. The number of aromatic nitrogens is 4. The molecule has 0 aliphatic carbocycles. The zero-order valence-electron chi connectivity index (χ0n) is 36.8. The van der Waals surface area contributed by atoms with Crippen LogP contribution in [-0.4, -0.2) is 18.3 Å². The van der Waals surface area contributed by atoms with Gasteiger partial charge in [0, 0.05) is 43.1 Å². The zero-order chi connectivity index (χ0) is 44.5. The molecular weight excluding hydrogens is 757 g/mol. The first-order chi connectivity index (χ1) is 32.4. The summed E-state index contributed by atoms with van der Waals surface area (Å²) in [4.78, 5) is 4.52. The molecule has 0 bridgehead atoms. The highest BCUT2D eigenvalue weighted by atomic mass is 15.1. The minimum absolute atomic E-state index is 0.113. The summed E-state index contributed by atoms with van der Waals surface area (Å²) in [6.07, 6.45) is 0. The van der Waals surface area contributed by atoms with Crippen molar-refractivity contribution in [3.8, 4) is 28.8 Å². The maximum atomic E-state index is 12.2. The molecule has 0 amide bonds. The first kappa shape index (κ1) is 30.2. The van der Waals surface area contributed by atoms with E-state index < -0.39 is 0 Å². The molecule has 0 radical (unpaired) electrons. The maximum absolute atomic E-state index is 12.2. The normalized spacial score (nSPS) is 12.7. The van der Waals surface area contributed by atoms with Crippen LogP contribution >= 0.6 is 0 Å². The van der Waals surface area contributed by atoms with Gasteiger partial charge in [0.2, 0.25) is 5.69 Å². The number of benzene rings is 9. The first-order valence-corrected chi connectivity index (χ1v) is 20.4. The van der Waals surface area contributed by atoms with Crippen LogP contribution in [0.2, 0.25) is 0 Å². The van der Waals surface area contributed by atoms with Crippen LogP contribution in [0.1, 0.15) is 11.0 Å². The molecule has 13 rings (SSSR count). The first-order valence-electron chi connectivity index (χ1n) is 22.4. The maximum Gasteiger partial charge on any atom is 0.237 e. The smallest absolute Gasteiger partial charge is 0.237 e. The molecule has 9 aromatic carbocycles. The van der Waals surface area contributed by atoms with Crippen LogP contribution in [0, 0.1) is 17.9 Å². The third-order valence-electron chi connectivity index (χ3n) is 12.5. The van der Waals surface area contributed by atoms with Gasteiger partial charge in [-0.1, -0.05) is 146 Å². The largest absolute Gasteiger partial charge is 0.318 e. The lowest BCUT2D eigenvalue weighted by Gasteiger charge is -2.27. The predicted molar refractivity (Wildman–Crippen MR) is 255 cm³/mol. The van der Waals surface area contributed by atoms with Gasteiger partial charge >= 0.3 is 0 Å². The third kappa shape index (κ3) is 4.39. The Kier molecular flexibility index (Phi) is 6.26. The van der Waals surface area contributed by atoms with E-state index in [0.717, 1.165) is 59.6 Å². The van der Waals surface area contributed by atoms with E-state index in [2.05, 4.69) is 10.9 Å². The van der Waals surface area contributed by atoms with Gasteiger partial charge < -0.3 is 18.3 Å². The standard InChI is InChI=1S/C56H32N6/c1-58-52-53(59-44-26-10-2-18-35(44)36-19-3-11-27-45(36)59)43(34-57)54(60-46-28-12-4-20-37(46)38-21-5-13-29-47(38)60)56(62-50-32-16-8-24-41(50)42-25-9-17-33-51(42)62)55(52)61-48-30-14-6-22-39(48)40-23-7-15-31-49(40)61/h2-33H/i26D,28D,30D,32D. The molecule has 0 saturated heterocycles. The molecule has 0 fully saturated rings. The quantitative estimate of drug-likeness (QED) is 0.164. The number of rotatable bonds is 4. The van der Waals surface area contributed by atoms with Gasteiger partial charge in [-0.05, 0) is 48.4 Å². The van der Waals surface area contributed by atoms with Crippen LogP contribution in [0.15, 0.2) is 194 Å². The molecule has 0 aliphatic rings. The Labute approximate surface area is 360 Å². The summed E-state index contributed by atoms with van der Waals surface area (Å²) in [5.41, 5.74) is 6.83. The minimum Gasteiger partial charge on any atom is -0.318 e. The number of nitrogens with zero attached hydrogens (tertiary/aromatic N) is 6. The van der Waals surface area contributed by atoms with Crippen molar-refractivity contribution in [2.24, 2.45) is 0 Å². The van der Waals surface area contributed by atoms with E-state index in [-0.39, 0.29) is 41.1 Å². The van der Waals surface area contributed by atoms with E-state index in [4.69, 9.17) is 0 Å². The summed E-state index contributed by atoms with van der Waals surface area (Å²) < 4.78 is 46.4. The van der Waals surface area contributed by atoms with Gasteiger partial charge in [-0.25, -0.2) is 4.85 Å². The van der Waals surface area contributed by atoms with E-state index in [1.165, 1.54) is 0 Å². The highest BCUT2D eigenvalue weighted by Gasteiger charge is 2.34. The summed E-state index contributed by atoms with van der Waals surface area (Å²) in [7, 11) is 0. The van der Waals surface area contributed by atoms with E-state index in [1.54, 1.807) is 24.3 Å². The summed E-state index contributed by atoms with van der Waals surface area (Å²) in [6.45, 7) is 9.49. The fraction of sp³-hybridized carbons (Fsp3) is 0. The van der Waals surface area contributed by atoms with Crippen molar-refractivity contribution in [1.29, 1.82) is 5.26 Å². The van der Waals surface area contributed by atoms with Crippen LogP contribution in [0.3, 0.4) is 0 Å². The lowest BCUT2D eigenvalue weighted by molar-refractivity contribution is 1.03. The van der Waals surface area contributed by atoms with Gasteiger partial charge in [-0.3, -0.25) is 0 Å². The molecule has 0 N–H and O–H groups in total. The van der Waals surface area contributed by atoms with Crippen molar-refractivity contribution in [2.75, 3.05) is 0 Å². The fourth-order valence-corrected chi connectivity index (χ4v) is 10.1. The Morgan fingerprint density at radius 3 is 0.968 bits per heavy atom. The average molecular weight is 793 g/mol. The molecule has 0 aliphatic heterocycles. The topological polar surface area (TPSA) is 47.9 Å². The van der Waals surface area contributed by atoms with Gasteiger partial charge in [0.15, 0.2) is 0 Å². The lowest BCUT2D eigenvalue weighted by Crippen LogP contribution is -2.14. The SMILES string of the molecule is [2H]c1cccc2c3ccccc3n(-c3c(C#N)c(-n4c5ccccc5c5cccc([2H])c54)c(-n4c5ccccc5c5cccc([2H])c54)c(-n4c5ccccc5c5cccc([2H])c54)c3[N+]#[C-])c12. The van der Waals surface area contributed by atoms with E-state index in [9.17, 15) is 17.3 Å². The monoisotopic (exact) mass is 792 g/mol. The van der Waals surface area contributed by atoms with Crippen molar-refractivity contribution >= 4 is 92.9 Å². The van der Waals surface area contributed by atoms with E-state index >= 15 is 0 Å². The predicted octanol–water partition coefficient (Wildman–Crippen LogP) is 14.5. The number of para-hydroxylation sites is 8. The molecule has 4 aromatic heterocycles.